The molecule has 0 saturated carbocycles. The highest BCUT2D eigenvalue weighted by Crippen LogP contribution is 2.38. The summed E-state index contributed by atoms with van der Waals surface area (Å²) >= 11 is 0. The third-order valence-electron chi connectivity index (χ3n) is 16.4. The van der Waals surface area contributed by atoms with Crippen LogP contribution in [0.5, 0.6) is 0 Å². The van der Waals surface area contributed by atoms with Crippen molar-refractivity contribution in [3.8, 4) is 0 Å². The van der Waals surface area contributed by atoms with Crippen LogP contribution in [-0.4, -0.2) is 70.0 Å². The molecule has 98 heavy (non-hydrogen) atoms. The van der Waals surface area contributed by atoms with Crippen molar-refractivity contribution in [1.82, 2.24) is 0 Å². The molecule has 0 aliphatic carbocycles. The number of unbranched alkanes of at least 4 members (excludes halogenated alkanes) is 27. The monoisotopic (exact) mass is 1380 g/mol. The summed E-state index contributed by atoms with van der Waals surface area (Å²) in [5, 5.41) is 0. The van der Waals surface area contributed by atoms with Crippen LogP contribution in [0.2, 0.25) is 0 Å². The summed E-state index contributed by atoms with van der Waals surface area (Å²) in [4.78, 5) is 38.2. The summed E-state index contributed by atoms with van der Waals surface area (Å²) < 4.78 is 34.4. The zero-order valence-corrected chi connectivity index (χ0v) is 64.3. The van der Waals surface area contributed by atoms with E-state index in [1.54, 1.807) is 0 Å². The number of carbonyl (C=O) groups is 2. The maximum Gasteiger partial charge on any atom is 0.306 e. The highest BCUT2D eigenvalue weighted by molar-refractivity contribution is 7.45. The molecule has 0 fully saturated rings. The van der Waals surface area contributed by atoms with E-state index < -0.39 is 26.5 Å². The van der Waals surface area contributed by atoms with Crippen molar-refractivity contribution in [1.29, 1.82) is 0 Å². The molecular weight excluding hydrogens is 1230 g/mol. The Balaban J connectivity index is 4.05. The van der Waals surface area contributed by atoms with Gasteiger partial charge in [0.2, 0.25) is 0 Å². The average Bonchev–Trinajstić information content (AvgIpc) is 1.08. The number of carbonyl (C=O) groups excluding carboxylic acids is 2. The third-order valence-corrected chi connectivity index (χ3v) is 17.4. The Labute approximate surface area is 603 Å². The van der Waals surface area contributed by atoms with Crippen LogP contribution < -0.4 is 4.89 Å². The topological polar surface area (TPSA) is 111 Å². The summed E-state index contributed by atoms with van der Waals surface area (Å²) in [7, 11) is 1.15. The van der Waals surface area contributed by atoms with Gasteiger partial charge in [-0.25, -0.2) is 0 Å². The van der Waals surface area contributed by atoms with Gasteiger partial charge in [-0.05, 0) is 135 Å². The molecule has 0 N–H and O–H groups in total. The highest BCUT2D eigenvalue weighted by Gasteiger charge is 2.22. The maximum atomic E-state index is 12.9. The fraction of sp³-hybridized carbons (Fsp3) is 0.636. The lowest BCUT2D eigenvalue weighted by Crippen LogP contribution is -2.37. The van der Waals surface area contributed by atoms with E-state index in [2.05, 4.69) is 196 Å². The zero-order valence-electron chi connectivity index (χ0n) is 63.4. The van der Waals surface area contributed by atoms with Gasteiger partial charge in [-0.2, -0.15) is 0 Å². The standard InChI is InChI=1S/C88H146NO8P/c1-6-8-10-12-14-16-18-20-22-24-26-28-30-32-34-36-38-40-41-42-43-44-45-46-47-49-51-53-55-57-59-61-63-65-67-69-71-73-75-77-79-81-88(91)97-86(85-96-98(92,93)95-83-82-89(3,4)5)84-94-87(90)80-78-76-74-72-70-68-66-64-62-60-58-56-54-52-50-48-39-37-35-33-31-29-27-25-23-21-19-17-15-13-11-9-7-2/h8-11,14-17,20-23,26-29,32-35,38,40,42-43,45-46,49,51,55,57,86H,6-7,12-13,18-19,24-25,30-31,36-37,39,41,44,47-48,50,52-54,56,58-85H2,1-5H3/b10-8-,11-9-,16-14-,17-15-,22-20-,23-21-,28-26-,29-27-,34-32-,35-33-,40-38-,43-42-,46-45-,51-49-,57-55-. The van der Waals surface area contributed by atoms with Crippen molar-refractivity contribution in [3.05, 3.63) is 182 Å². The first-order valence-corrected chi connectivity index (χ1v) is 41.0. The van der Waals surface area contributed by atoms with Gasteiger partial charge in [0.25, 0.3) is 7.82 Å². The van der Waals surface area contributed by atoms with Gasteiger partial charge in [-0.15, -0.1) is 0 Å². The number of nitrogens with zero attached hydrogens (tertiary/aromatic N) is 1. The van der Waals surface area contributed by atoms with Crippen molar-refractivity contribution in [2.24, 2.45) is 0 Å². The third kappa shape index (κ3) is 80.1. The molecular formula is C88H146NO8P. The van der Waals surface area contributed by atoms with E-state index >= 15 is 0 Å². The van der Waals surface area contributed by atoms with Crippen LogP contribution in [-0.2, 0) is 32.7 Å². The van der Waals surface area contributed by atoms with Gasteiger partial charge in [-0.1, -0.05) is 344 Å². The van der Waals surface area contributed by atoms with Gasteiger partial charge in [0.15, 0.2) is 6.10 Å². The van der Waals surface area contributed by atoms with E-state index in [9.17, 15) is 19.0 Å². The number of allylic oxidation sites excluding steroid dienone is 30. The molecule has 2 unspecified atom stereocenters. The largest absolute Gasteiger partial charge is 0.756 e. The van der Waals surface area contributed by atoms with Gasteiger partial charge < -0.3 is 27.9 Å². The Morgan fingerprint density at radius 1 is 0.316 bits per heavy atom. The number of hydrogen-bond donors (Lipinski definition) is 0. The lowest BCUT2D eigenvalue weighted by molar-refractivity contribution is -0.870. The summed E-state index contributed by atoms with van der Waals surface area (Å²) in [6, 6.07) is 0. The van der Waals surface area contributed by atoms with Crippen LogP contribution in [0, 0.1) is 0 Å². The fourth-order valence-electron chi connectivity index (χ4n) is 10.5. The molecule has 0 aromatic carbocycles. The van der Waals surface area contributed by atoms with Gasteiger partial charge >= 0.3 is 11.9 Å². The quantitative estimate of drug-likeness (QED) is 0.0195. The highest BCUT2D eigenvalue weighted by atomic mass is 31.2. The van der Waals surface area contributed by atoms with Gasteiger partial charge in [0, 0.05) is 12.8 Å². The van der Waals surface area contributed by atoms with E-state index in [-0.39, 0.29) is 32.0 Å². The number of hydrogen-bond acceptors (Lipinski definition) is 8. The van der Waals surface area contributed by atoms with E-state index in [1.165, 1.54) is 135 Å². The van der Waals surface area contributed by atoms with Crippen molar-refractivity contribution in [3.63, 3.8) is 0 Å². The predicted octanol–water partition coefficient (Wildman–Crippen LogP) is 26.0. The molecule has 0 aliphatic rings. The molecule has 0 heterocycles. The Morgan fingerprint density at radius 3 is 0.816 bits per heavy atom. The predicted molar refractivity (Wildman–Crippen MR) is 424 cm³/mol. The Bertz CT molecular complexity index is 2320. The molecule has 0 saturated heterocycles. The van der Waals surface area contributed by atoms with Crippen molar-refractivity contribution < 1.29 is 42.1 Å². The number of phosphoric acid groups is 1. The van der Waals surface area contributed by atoms with Gasteiger partial charge in [-0.3, -0.25) is 14.2 Å². The summed E-state index contributed by atoms with van der Waals surface area (Å²) in [5.41, 5.74) is 0. The van der Waals surface area contributed by atoms with Crippen LogP contribution >= 0.6 is 7.82 Å². The van der Waals surface area contributed by atoms with Crippen LogP contribution in [0.15, 0.2) is 182 Å². The van der Waals surface area contributed by atoms with E-state index in [0.29, 0.717) is 17.4 Å². The normalized spacial score (nSPS) is 14.1. The lowest BCUT2D eigenvalue weighted by atomic mass is 10.0. The first-order valence-electron chi connectivity index (χ1n) is 39.5. The van der Waals surface area contributed by atoms with Gasteiger partial charge in [0.05, 0.1) is 27.7 Å². The Morgan fingerprint density at radius 2 is 0.551 bits per heavy atom. The number of rotatable bonds is 71. The molecule has 0 spiro atoms. The number of ether oxygens (including phenoxy) is 2. The SMILES string of the molecule is CC/C=C\C/C=C\C/C=C\C/C=C\C/C=C\C/C=C\C/C=C\C/C=C\C/C=C\C/C=C\CCCCCCCCCCCCC(=O)OC(COC(=O)CCCCCCCCCCCCCCCCCCC/C=C\C/C=C\C/C=C\C/C=C\C/C=C\CC)COP(=O)([O-])OCC[N+](C)(C)C. The molecule has 0 amide bonds. The number of esters is 2. The smallest absolute Gasteiger partial charge is 0.306 e. The maximum absolute atomic E-state index is 12.9. The minimum Gasteiger partial charge on any atom is -0.756 e. The number of phosphoric ester groups is 1. The van der Waals surface area contributed by atoms with E-state index in [4.69, 9.17) is 18.5 Å². The number of likely N-dealkylation sites (N-methyl/N-ethyl adjacent to an activating group) is 1. The molecule has 0 aliphatic heterocycles. The summed E-state index contributed by atoms with van der Waals surface area (Å²) in [5.74, 6) is -0.840. The molecule has 0 rings (SSSR count). The second-order valence-corrected chi connectivity index (χ2v) is 28.4. The van der Waals surface area contributed by atoms with Crippen molar-refractivity contribution >= 4 is 19.8 Å². The van der Waals surface area contributed by atoms with Crippen molar-refractivity contribution in [2.45, 2.75) is 315 Å². The molecule has 0 radical (unpaired) electrons. The van der Waals surface area contributed by atoms with E-state index in [0.717, 1.165) is 141 Å². The lowest BCUT2D eigenvalue weighted by Gasteiger charge is -2.28. The molecule has 0 bridgehead atoms. The number of quaternary nitrogens is 1. The van der Waals surface area contributed by atoms with E-state index in [1.807, 2.05) is 21.1 Å². The molecule has 2 atom stereocenters. The second kappa shape index (κ2) is 76.3. The van der Waals surface area contributed by atoms with Crippen LogP contribution in [0.25, 0.3) is 0 Å². The van der Waals surface area contributed by atoms with Crippen LogP contribution in [0.3, 0.4) is 0 Å². The molecule has 9 nitrogen and oxygen atoms in total. The average molecular weight is 1380 g/mol. The van der Waals surface area contributed by atoms with Gasteiger partial charge in [0.1, 0.15) is 19.8 Å². The fourth-order valence-corrected chi connectivity index (χ4v) is 11.2. The first kappa shape index (κ1) is 93.1. The molecule has 10 heteroatoms. The molecule has 0 aromatic heterocycles. The van der Waals surface area contributed by atoms with Crippen LogP contribution in [0.4, 0.5) is 0 Å². The molecule has 0 aromatic rings. The second-order valence-electron chi connectivity index (χ2n) is 27.0. The summed E-state index contributed by atoms with van der Waals surface area (Å²) in [6.45, 7) is 4.02. The minimum absolute atomic E-state index is 0.0387. The van der Waals surface area contributed by atoms with Crippen molar-refractivity contribution in [2.75, 3.05) is 47.5 Å². The summed E-state index contributed by atoms with van der Waals surface area (Å²) in [6.07, 6.45) is 117. The van der Waals surface area contributed by atoms with Crippen LogP contribution in [0.1, 0.15) is 309 Å². The minimum atomic E-state index is -4.66. The molecule has 556 valence electrons. The first-order chi connectivity index (χ1) is 48.0. The zero-order chi connectivity index (χ0) is 71.1. The Hall–Kier alpha value is -4.89. The Kier molecular flexibility index (Phi) is 72.5.